The van der Waals surface area contributed by atoms with Crippen molar-refractivity contribution in [2.75, 3.05) is 0 Å². The Bertz CT molecular complexity index is 347. The van der Waals surface area contributed by atoms with Crippen LogP contribution in [0.1, 0.15) is 0 Å². The van der Waals surface area contributed by atoms with Crippen LogP contribution in [0.3, 0.4) is 0 Å². The molecule has 7 heteroatoms. The molecule has 0 saturated carbocycles. The van der Waals surface area contributed by atoms with Crippen LogP contribution in [0.25, 0.3) is 0 Å². The molecule has 0 fully saturated rings. The highest BCUT2D eigenvalue weighted by molar-refractivity contribution is 8.13. The molecule has 0 radical (unpaired) electrons. The van der Waals surface area contributed by atoms with Crippen LogP contribution in [-0.4, -0.2) is 13.4 Å². The van der Waals surface area contributed by atoms with Crippen LogP contribution < -0.4 is 0 Å². The van der Waals surface area contributed by atoms with Crippen molar-refractivity contribution in [3.05, 3.63) is 23.5 Å². The predicted octanol–water partition coefficient (Wildman–Crippen LogP) is 2.08. The fourth-order valence-corrected chi connectivity index (χ4v) is 1.30. The fraction of sp³-hybridized carbons (Fsp3) is 0. The van der Waals surface area contributed by atoms with Crippen LogP contribution in [0.2, 0.25) is 5.15 Å². The van der Waals surface area contributed by atoms with Gasteiger partial charge in [-0.1, -0.05) is 11.6 Å². The van der Waals surface area contributed by atoms with E-state index in [0.717, 1.165) is 6.20 Å². The number of aromatic nitrogens is 1. The van der Waals surface area contributed by atoms with Crippen molar-refractivity contribution in [2.45, 2.75) is 4.90 Å². The first-order chi connectivity index (χ1) is 5.00. The summed E-state index contributed by atoms with van der Waals surface area (Å²) >= 11 is 5.41. The minimum atomic E-state index is -3.67. The second kappa shape index (κ2) is 4.28. The first-order valence-corrected chi connectivity index (χ1v) is 5.25. The van der Waals surface area contributed by atoms with Gasteiger partial charge in [-0.25, -0.2) is 13.4 Å². The molecule has 0 aliphatic heterocycles. The van der Waals surface area contributed by atoms with Gasteiger partial charge in [0, 0.05) is 16.9 Å². The van der Waals surface area contributed by atoms with Crippen molar-refractivity contribution in [2.24, 2.45) is 0 Å². The van der Waals surface area contributed by atoms with Crippen molar-refractivity contribution in [3.63, 3.8) is 0 Å². The molecule has 0 aromatic carbocycles. The van der Waals surface area contributed by atoms with E-state index >= 15 is 0 Å². The van der Waals surface area contributed by atoms with Crippen molar-refractivity contribution < 1.29 is 8.42 Å². The highest BCUT2D eigenvalue weighted by atomic mass is 35.7. The van der Waals surface area contributed by atoms with Crippen molar-refractivity contribution in [1.29, 1.82) is 0 Å². The molecule has 0 aliphatic rings. The maximum atomic E-state index is 10.6. The van der Waals surface area contributed by atoms with Gasteiger partial charge in [-0.2, -0.15) is 0 Å². The van der Waals surface area contributed by atoms with Crippen LogP contribution >= 0.6 is 34.7 Å². The molecule has 68 valence electrons. The second-order valence-corrected chi connectivity index (χ2v) is 4.71. The molecule has 0 bridgehead atoms. The second-order valence-electron chi connectivity index (χ2n) is 1.75. The quantitative estimate of drug-likeness (QED) is 0.565. The fourth-order valence-electron chi connectivity index (χ4n) is 0.506. The molecule has 0 amide bonds. The summed E-state index contributed by atoms with van der Waals surface area (Å²) in [4.78, 5) is 3.50. The lowest BCUT2D eigenvalue weighted by molar-refractivity contribution is 0.609. The Morgan fingerprint density at radius 1 is 1.33 bits per heavy atom. The van der Waals surface area contributed by atoms with E-state index in [1.165, 1.54) is 12.1 Å². The van der Waals surface area contributed by atoms with Gasteiger partial charge < -0.3 is 0 Å². The minimum Gasteiger partial charge on any atom is -0.243 e. The van der Waals surface area contributed by atoms with Crippen LogP contribution in [0.15, 0.2) is 23.2 Å². The molecule has 1 heterocycles. The summed E-state index contributed by atoms with van der Waals surface area (Å²) in [6.45, 7) is 0. The Balaban J connectivity index is 0.00000121. The molecular weight excluding hydrogens is 244 g/mol. The SMILES string of the molecule is Cl.O=S(=O)(Cl)c1ccc(Cl)nc1. The highest BCUT2D eigenvalue weighted by Gasteiger charge is 2.08. The van der Waals surface area contributed by atoms with Gasteiger partial charge in [0.2, 0.25) is 0 Å². The molecule has 0 N–H and O–H groups in total. The standard InChI is InChI=1S/C5H3Cl2NO2S.ClH/c6-5-2-1-4(3-8-5)11(7,9)10;/h1-3H;1H. The summed E-state index contributed by atoms with van der Waals surface area (Å²) in [7, 11) is 1.33. The lowest BCUT2D eigenvalue weighted by atomic mass is 10.5. The van der Waals surface area contributed by atoms with Crippen LogP contribution in [0, 0.1) is 0 Å². The molecule has 0 unspecified atom stereocenters. The van der Waals surface area contributed by atoms with Gasteiger partial charge in [0.25, 0.3) is 9.05 Å². The maximum absolute atomic E-state index is 10.6. The summed E-state index contributed by atoms with van der Waals surface area (Å²) in [6.07, 6.45) is 1.10. The van der Waals surface area contributed by atoms with Crippen molar-refractivity contribution in [1.82, 2.24) is 4.98 Å². The van der Waals surface area contributed by atoms with E-state index in [9.17, 15) is 8.42 Å². The summed E-state index contributed by atoms with van der Waals surface area (Å²) in [6, 6.07) is 2.65. The first kappa shape index (κ1) is 12.0. The molecule has 1 aromatic heterocycles. The van der Waals surface area contributed by atoms with Crippen LogP contribution in [-0.2, 0) is 9.05 Å². The summed E-state index contributed by atoms with van der Waals surface area (Å²) in [5.74, 6) is 0. The summed E-state index contributed by atoms with van der Waals surface area (Å²) < 4.78 is 21.3. The molecular formula is C5H4Cl3NO2S. The number of pyridine rings is 1. The van der Waals surface area contributed by atoms with Gasteiger partial charge in [0.1, 0.15) is 10.0 Å². The average molecular weight is 249 g/mol. The maximum Gasteiger partial charge on any atom is 0.262 e. The number of halogens is 3. The molecule has 0 spiro atoms. The third kappa shape index (κ3) is 3.15. The van der Waals surface area contributed by atoms with Crippen molar-refractivity contribution >= 4 is 43.7 Å². The third-order valence-electron chi connectivity index (χ3n) is 0.982. The molecule has 1 aromatic rings. The van der Waals surface area contributed by atoms with Gasteiger partial charge >= 0.3 is 0 Å². The third-order valence-corrected chi connectivity index (χ3v) is 2.54. The Labute approximate surface area is 85.5 Å². The normalized spacial score (nSPS) is 10.5. The van der Waals surface area contributed by atoms with E-state index < -0.39 is 9.05 Å². The predicted molar refractivity (Wildman–Crippen MR) is 49.5 cm³/mol. The zero-order valence-corrected chi connectivity index (χ0v) is 8.71. The topological polar surface area (TPSA) is 47.0 Å². The lowest BCUT2D eigenvalue weighted by Crippen LogP contribution is -1.90. The van der Waals surface area contributed by atoms with Crippen LogP contribution in [0.5, 0.6) is 0 Å². The molecule has 0 saturated heterocycles. The molecule has 1 rings (SSSR count). The van der Waals surface area contributed by atoms with E-state index in [-0.39, 0.29) is 22.5 Å². The minimum absolute atomic E-state index is 0. The van der Waals surface area contributed by atoms with E-state index in [1.807, 2.05) is 0 Å². The Hall–Kier alpha value is -0.0300. The van der Waals surface area contributed by atoms with Gasteiger partial charge in [0.05, 0.1) is 0 Å². The van der Waals surface area contributed by atoms with E-state index in [1.54, 1.807) is 0 Å². The number of nitrogens with zero attached hydrogens (tertiary/aromatic N) is 1. The van der Waals surface area contributed by atoms with Gasteiger partial charge in [-0.3, -0.25) is 0 Å². The molecule has 12 heavy (non-hydrogen) atoms. The largest absolute Gasteiger partial charge is 0.262 e. The first-order valence-electron chi connectivity index (χ1n) is 2.56. The number of rotatable bonds is 1. The Kier molecular flexibility index (Phi) is 4.26. The zero-order valence-electron chi connectivity index (χ0n) is 5.57. The molecule has 3 nitrogen and oxygen atoms in total. The zero-order chi connectivity index (χ0) is 8.48. The Morgan fingerprint density at radius 2 is 1.92 bits per heavy atom. The van der Waals surface area contributed by atoms with Gasteiger partial charge in [-0.05, 0) is 12.1 Å². The van der Waals surface area contributed by atoms with Gasteiger partial charge in [-0.15, -0.1) is 12.4 Å². The monoisotopic (exact) mass is 247 g/mol. The van der Waals surface area contributed by atoms with Gasteiger partial charge in [0.15, 0.2) is 0 Å². The van der Waals surface area contributed by atoms with Crippen molar-refractivity contribution in [3.8, 4) is 0 Å². The number of hydrogen-bond donors (Lipinski definition) is 0. The smallest absolute Gasteiger partial charge is 0.243 e. The van der Waals surface area contributed by atoms with Crippen LogP contribution in [0.4, 0.5) is 0 Å². The highest BCUT2D eigenvalue weighted by Crippen LogP contribution is 2.14. The molecule has 0 atom stereocenters. The summed E-state index contributed by atoms with van der Waals surface area (Å²) in [5, 5.41) is 0.231. The molecule has 0 aliphatic carbocycles. The summed E-state index contributed by atoms with van der Waals surface area (Å²) in [5.41, 5.74) is 0. The average Bonchev–Trinajstić information content (AvgIpc) is 1.86. The van der Waals surface area contributed by atoms with E-state index in [2.05, 4.69) is 4.98 Å². The number of hydrogen-bond acceptors (Lipinski definition) is 3. The Morgan fingerprint density at radius 3 is 2.25 bits per heavy atom. The lowest BCUT2D eigenvalue weighted by Gasteiger charge is -1.92. The van der Waals surface area contributed by atoms with E-state index in [4.69, 9.17) is 22.3 Å². The van der Waals surface area contributed by atoms with E-state index in [0.29, 0.717) is 0 Å².